The Labute approximate surface area is 152 Å². The summed E-state index contributed by atoms with van der Waals surface area (Å²) in [5.74, 6) is 0.372. The Morgan fingerprint density at radius 1 is 1.27 bits per heavy atom. The molecule has 2 aromatic rings. The maximum absolute atomic E-state index is 12.2. The van der Waals surface area contributed by atoms with Crippen LogP contribution in [0.15, 0.2) is 36.9 Å². The Morgan fingerprint density at radius 2 is 2.04 bits per heavy atom. The van der Waals surface area contributed by atoms with Gasteiger partial charge in [0.05, 0.1) is 23.9 Å². The highest BCUT2D eigenvalue weighted by atomic mass is 32.2. The van der Waals surface area contributed by atoms with Gasteiger partial charge in [-0.3, -0.25) is 9.78 Å². The molecule has 1 atom stereocenters. The van der Waals surface area contributed by atoms with Gasteiger partial charge in [0.2, 0.25) is 0 Å². The average molecular weight is 375 g/mol. The number of sulfone groups is 1. The van der Waals surface area contributed by atoms with Crippen LogP contribution in [-0.2, 0) is 16.3 Å². The molecule has 2 aromatic heterocycles. The van der Waals surface area contributed by atoms with Gasteiger partial charge in [0.15, 0.2) is 9.84 Å². The van der Waals surface area contributed by atoms with E-state index in [1.54, 1.807) is 18.6 Å². The summed E-state index contributed by atoms with van der Waals surface area (Å²) in [5, 5.41) is 2.71. The second-order valence-corrected chi connectivity index (χ2v) is 8.59. The van der Waals surface area contributed by atoms with Crippen LogP contribution in [0.5, 0.6) is 0 Å². The molecule has 1 N–H and O–H groups in total. The fraction of sp³-hybridized carbons (Fsp3) is 0.412. The molecule has 1 amide bonds. The zero-order chi connectivity index (χ0) is 18.6. The number of pyridine rings is 1. The van der Waals surface area contributed by atoms with Crippen LogP contribution in [0.2, 0.25) is 0 Å². The molecule has 8 nitrogen and oxygen atoms in total. The molecule has 1 aliphatic heterocycles. The largest absolute Gasteiger partial charge is 0.358 e. The Kier molecular flexibility index (Phi) is 5.46. The molecule has 3 heterocycles. The molecule has 9 heteroatoms. The molecule has 1 saturated heterocycles. The van der Waals surface area contributed by atoms with E-state index in [0.29, 0.717) is 12.2 Å². The van der Waals surface area contributed by atoms with E-state index in [4.69, 9.17) is 0 Å². The predicted octanol–water partition coefficient (Wildman–Crippen LogP) is 0.467. The maximum Gasteiger partial charge on any atom is 0.271 e. The van der Waals surface area contributed by atoms with Gasteiger partial charge in [-0.05, 0) is 30.5 Å². The van der Waals surface area contributed by atoms with Gasteiger partial charge in [-0.1, -0.05) is 0 Å². The Hall–Kier alpha value is -2.55. The lowest BCUT2D eigenvalue weighted by Crippen LogP contribution is -2.36. The standard InChI is InChI=1S/C17H21N5O3S/c1-22(8-4-13-2-6-18-7-3-13)16-11-19-15(10-20-16)17(23)21-14-5-9-26(24,25)12-14/h2-3,6-7,10-11,14H,4-5,8-9,12H2,1H3,(H,21,23). The van der Waals surface area contributed by atoms with E-state index >= 15 is 0 Å². The van der Waals surface area contributed by atoms with Crippen molar-refractivity contribution in [3.63, 3.8) is 0 Å². The van der Waals surface area contributed by atoms with Gasteiger partial charge in [0.25, 0.3) is 5.91 Å². The minimum atomic E-state index is -3.03. The van der Waals surface area contributed by atoms with Crippen molar-refractivity contribution >= 4 is 21.6 Å². The number of carbonyl (C=O) groups is 1. The van der Waals surface area contributed by atoms with Gasteiger partial charge >= 0.3 is 0 Å². The zero-order valence-electron chi connectivity index (χ0n) is 14.5. The van der Waals surface area contributed by atoms with Crippen molar-refractivity contribution in [1.29, 1.82) is 0 Å². The first-order valence-corrected chi connectivity index (χ1v) is 10.2. The minimum Gasteiger partial charge on any atom is -0.358 e. The van der Waals surface area contributed by atoms with Gasteiger partial charge in [-0.2, -0.15) is 0 Å². The third kappa shape index (κ3) is 4.75. The van der Waals surface area contributed by atoms with Crippen LogP contribution in [0, 0.1) is 0 Å². The second-order valence-electron chi connectivity index (χ2n) is 6.36. The molecule has 1 unspecified atom stereocenters. The Balaban J connectivity index is 1.55. The van der Waals surface area contributed by atoms with Crippen LogP contribution in [0.1, 0.15) is 22.5 Å². The molecule has 0 aromatic carbocycles. The van der Waals surface area contributed by atoms with Crippen molar-refractivity contribution in [2.45, 2.75) is 18.9 Å². The lowest BCUT2D eigenvalue weighted by Gasteiger charge is -2.18. The van der Waals surface area contributed by atoms with Crippen molar-refractivity contribution in [3.8, 4) is 0 Å². The van der Waals surface area contributed by atoms with E-state index in [-0.39, 0.29) is 23.2 Å². The fourth-order valence-corrected chi connectivity index (χ4v) is 4.44. The van der Waals surface area contributed by atoms with E-state index < -0.39 is 15.7 Å². The number of nitrogens with one attached hydrogen (secondary N) is 1. The molecule has 0 aliphatic carbocycles. The predicted molar refractivity (Wildman–Crippen MR) is 97.8 cm³/mol. The minimum absolute atomic E-state index is 0.0119. The van der Waals surface area contributed by atoms with E-state index in [0.717, 1.165) is 13.0 Å². The second kappa shape index (κ2) is 7.77. The van der Waals surface area contributed by atoms with E-state index in [9.17, 15) is 13.2 Å². The number of likely N-dealkylation sites (N-methyl/N-ethyl adjacent to an activating group) is 1. The van der Waals surface area contributed by atoms with E-state index in [1.807, 2.05) is 24.1 Å². The molecule has 1 aliphatic rings. The van der Waals surface area contributed by atoms with Crippen LogP contribution in [0.25, 0.3) is 0 Å². The number of anilines is 1. The highest BCUT2D eigenvalue weighted by molar-refractivity contribution is 7.91. The highest BCUT2D eigenvalue weighted by Crippen LogP contribution is 2.12. The number of aromatic nitrogens is 3. The molecule has 0 spiro atoms. The van der Waals surface area contributed by atoms with Gasteiger partial charge < -0.3 is 10.2 Å². The normalized spacial score (nSPS) is 18.4. The van der Waals surface area contributed by atoms with Crippen LogP contribution >= 0.6 is 0 Å². The molecule has 3 rings (SSSR count). The summed E-state index contributed by atoms with van der Waals surface area (Å²) in [6, 6.07) is 3.59. The number of rotatable bonds is 6. The van der Waals surface area contributed by atoms with Crippen LogP contribution in [0.3, 0.4) is 0 Å². The van der Waals surface area contributed by atoms with E-state index in [1.165, 1.54) is 11.8 Å². The molecule has 0 radical (unpaired) electrons. The quantitative estimate of drug-likeness (QED) is 0.782. The SMILES string of the molecule is CN(CCc1ccncc1)c1cnc(C(=O)NC2CCS(=O)(=O)C2)cn1. The summed E-state index contributed by atoms with van der Waals surface area (Å²) in [4.78, 5) is 26.6. The number of nitrogens with zero attached hydrogens (tertiary/aromatic N) is 4. The molecule has 1 fully saturated rings. The Morgan fingerprint density at radius 3 is 2.65 bits per heavy atom. The topological polar surface area (TPSA) is 105 Å². The Bertz CT molecular complexity index is 856. The van der Waals surface area contributed by atoms with E-state index in [2.05, 4.69) is 20.3 Å². The van der Waals surface area contributed by atoms with Crippen LogP contribution in [-0.4, -0.2) is 60.4 Å². The summed E-state index contributed by atoms with van der Waals surface area (Å²) in [5.41, 5.74) is 1.36. The van der Waals surface area contributed by atoms with Crippen molar-refractivity contribution in [1.82, 2.24) is 20.3 Å². The van der Waals surface area contributed by atoms with Crippen molar-refractivity contribution in [2.75, 3.05) is 30.0 Å². The summed E-state index contributed by atoms with van der Waals surface area (Å²) in [6.45, 7) is 0.754. The summed E-state index contributed by atoms with van der Waals surface area (Å²) < 4.78 is 22.9. The lowest BCUT2D eigenvalue weighted by atomic mass is 10.2. The summed E-state index contributed by atoms with van der Waals surface area (Å²) >= 11 is 0. The number of hydrogen-bond acceptors (Lipinski definition) is 7. The summed E-state index contributed by atoms with van der Waals surface area (Å²) in [6.07, 6.45) is 7.77. The number of hydrogen-bond donors (Lipinski definition) is 1. The monoisotopic (exact) mass is 375 g/mol. The third-order valence-corrected chi connectivity index (χ3v) is 6.08. The van der Waals surface area contributed by atoms with Crippen molar-refractivity contribution < 1.29 is 13.2 Å². The first kappa shape index (κ1) is 18.2. The number of amides is 1. The van der Waals surface area contributed by atoms with Crippen molar-refractivity contribution in [2.24, 2.45) is 0 Å². The van der Waals surface area contributed by atoms with Gasteiger partial charge in [-0.25, -0.2) is 18.4 Å². The third-order valence-electron chi connectivity index (χ3n) is 4.31. The molecular formula is C17H21N5O3S. The molecule has 138 valence electrons. The first-order chi connectivity index (χ1) is 12.4. The van der Waals surface area contributed by atoms with Gasteiger partial charge in [-0.15, -0.1) is 0 Å². The smallest absolute Gasteiger partial charge is 0.271 e. The lowest BCUT2D eigenvalue weighted by molar-refractivity contribution is 0.0935. The highest BCUT2D eigenvalue weighted by Gasteiger charge is 2.29. The van der Waals surface area contributed by atoms with Gasteiger partial charge in [0.1, 0.15) is 11.5 Å². The van der Waals surface area contributed by atoms with Crippen molar-refractivity contribution in [3.05, 3.63) is 48.2 Å². The molecule has 0 saturated carbocycles. The zero-order valence-corrected chi connectivity index (χ0v) is 15.3. The van der Waals surface area contributed by atoms with Crippen LogP contribution in [0.4, 0.5) is 5.82 Å². The molecule has 0 bridgehead atoms. The molecular weight excluding hydrogens is 354 g/mol. The summed E-state index contributed by atoms with van der Waals surface area (Å²) in [7, 11) is -1.12. The number of carbonyl (C=O) groups excluding carboxylic acids is 1. The maximum atomic E-state index is 12.2. The average Bonchev–Trinajstić information content (AvgIpc) is 2.99. The van der Waals surface area contributed by atoms with Crippen LogP contribution < -0.4 is 10.2 Å². The molecule has 26 heavy (non-hydrogen) atoms. The van der Waals surface area contributed by atoms with Gasteiger partial charge in [0, 0.05) is 32.0 Å². The fourth-order valence-electron chi connectivity index (χ4n) is 2.76. The first-order valence-electron chi connectivity index (χ1n) is 8.36.